The van der Waals surface area contributed by atoms with Crippen LogP contribution in [0, 0.1) is 34.0 Å². The Hall–Kier alpha value is -0.670. The molecule has 2 bridgehead atoms. The van der Waals surface area contributed by atoms with Crippen LogP contribution in [-0.2, 0) is 4.79 Å². The number of aliphatic hydroxyl groups excluding tert-OH is 2. The summed E-state index contributed by atoms with van der Waals surface area (Å²) in [4.78, 5) is 12.5. The van der Waals surface area contributed by atoms with Gasteiger partial charge in [0.25, 0.3) is 0 Å². The van der Waals surface area contributed by atoms with Crippen LogP contribution in [0.15, 0.2) is 12.2 Å². The van der Waals surface area contributed by atoms with Gasteiger partial charge in [0.1, 0.15) is 5.78 Å². The quantitative estimate of drug-likeness (QED) is 0.675. The Balaban J connectivity index is 1.79. The van der Waals surface area contributed by atoms with Crippen molar-refractivity contribution in [2.45, 2.75) is 71.5 Å². The summed E-state index contributed by atoms with van der Waals surface area (Å²) in [6, 6.07) is 0. The molecule has 5 fully saturated rings. The Bertz CT molecular complexity index is 579. The lowest BCUT2D eigenvalue weighted by molar-refractivity contribution is -0.238. The maximum atomic E-state index is 12.5. The first-order chi connectivity index (χ1) is 10.6. The fraction of sp³-hybridized carbons (Fsp3) is 0.850. The van der Waals surface area contributed by atoms with Crippen LogP contribution in [0.1, 0.15) is 59.3 Å². The maximum absolute atomic E-state index is 12.5. The van der Waals surface area contributed by atoms with Crippen molar-refractivity contribution >= 4 is 5.78 Å². The fourth-order valence-electron chi connectivity index (χ4n) is 7.34. The molecule has 0 aromatic carbocycles. The summed E-state index contributed by atoms with van der Waals surface area (Å²) in [5.74, 6) is 1.23. The first-order valence-corrected chi connectivity index (χ1v) is 9.22. The van der Waals surface area contributed by atoms with E-state index in [1.165, 1.54) is 0 Å². The molecule has 0 aromatic rings. The molecular formula is C20H30O3. The number of carbonyl (C=O) groups is 1. The van der Waals surface area contributed by atoms with Gasteiger partial charge in [0.05, 0.1) is 12.2 Å². The Morgan fingerprint density at radius 3 is 2.52 bits per heavy atom. The van der Waals surface area contributed by atoms with E-state index in [9.17, 15) is 15.0 Å². The van der Waals surface area contributed by atoms with E-state index in [2.05, 4.69) is 27.4 Å². The minimum atomic E-state index is -0.647. The molecular weight excluding hydrogens is 288 g/mol. The van der Waals surface area contributed by atoms with Gasteiger partial charge in [-0.05, 0) is 49.4 Å². The second-order valence-electron chi connectivity index (χ2n) is 9.64. The van der Waals surface area contributed by atoms with E-state index < -0.39 is 12.2 Å². The summed E-state index contributed by atoms with van der Waals surface area (Å²) in [6.07, 6.45) is 4.02. The Labute approximate surface area is 139 Å². The van der Waals surface area contributed by atoms with E-state index in [4.69, 9.17) is 0 Å². The van der Waals surface area contributed by atoms with Gasteiger partial charge >= 0.3 is 0 Å². The molecule has 128 valence electrons. The van der Waals surface area contributed by atoms with Gasteiger partial charge in [-0.1, -0.05) is 32.9 Å². The molecule has 0 saturated heterocycles. The number of ketones is 1. The van der Waals surface area contributed by atoms with Crippen molar-refractivity contribution in [3.05, 3.63) is 12.2 Å². The monoisotopic (exact) mass is 318 g/mol. The molecule has 0 heterocycles. The van der Waals surface area contributed by atoms with Crippen LogP contribution in [0.25, 0.3) is 0 Å². The Morgan fingerprint density at radius 1 is 1.13 bits per heavy atom. The Morgan fingerprint density at radius 2 is 1.83 bits per heavy atom. The zero-order chi connectivity index (χ0) is 16.8. The molecule has 0 radical (unpaired) electrons. The minimum Gasteiger partial charge on any atom is -0.390 e. The van der Waals surface area contributed by atoms with Gasteiger partial charge < -0.3 is 10.2 Å². The molecule has 5 aliphatic carbocycles. The lowest BCUT2D eigenvalue weighted by Gasteiger charge is -2.69. The van der Waals surface area contributed by atoms with E-state index in [1.807, 2.05) is 0 Å². The van der Waals surface area contributed by atoms with Gasteiger partial charge in [-0.15, -0.1) is 0 Å². The van der Waals surface area contributed by atoms with E-state index >= 15 is 0 Å². The van der Waals surface area contributed by atoms with Gasteiger partial charge in [-0.3, -0.25) is 4.79 Å². The van der Waals surface area contributed by atoms with Crippen molar-refractivity contribution in [3.8, 4) is 0 Å². The van der Waals surface area contributed by atoms with Crippen LogP contribution >= 0.6 is 0 Å². The van der Waals surface area contributed by atoms with E-state index in [0.717, 1.165) is 37.7 Å². The van der Waals surface area contributed by atoms with Crippen molar-refractivity contribution in [2.75, 3.05) is 0 Å². The number of aliphatic hydroxyl groups is 2. The highest BCUT2D eigenvalue weighted by Crippen LogP contribution is 2.71. The minimum absolute atomic E-state index is 0.0354. The summed E-state index contributed by atoms with van der Waals surface area (Å²) in [5.41, 5.74) is 0.751. The Kier molecular flexibility index (Phi) is 3.09. The summed E-state index contributed by atoms with van der Waals surface area (Å²) in [7, 11) is 0. The van der Waals surface area contributed by atoms with E-state index in [-0.39, 0.29) is 22.2 Å². The number of rotatable bonds is 0. The van der Waals surface area contributed by atoms with Crippen molar-refractivity contribution in [3.63, 3.8) is 0 Å². The molecule has 7 atom stereocenters. The van der Waals surface area contributed by atoms with E-state index in [1.54, 1.807) is 0 Å². The third-order valence-corrected chi connectivity index (χ3v) is 8.56. The third kappa shape index (κ3) is 1.71. The molecule has 23 heavy (non-hydrogen) atoms. The maximum Gasteiger partial charge on any atom is 0.138 e. The molecule has 0 aliphatic heterocycles. The van der Waals surface area contributed by atoms with Crippen molar-refractivity contribution in [2.24, 2.45) is 34.0 Å². The summed E-state index contributed by atoms with van der Waals surface area (Å²) in [5, 5.41) is 21.4. The van der Waals surface area contributed by atoms with Gasteiger partial charge in [0.2, 0.25) is 0 Å². The average Bonchev–Trinajstić information content (AvgIpc) is 2.48. The van der Waals surface area contributed by atoms with E-state index in [0.29, 0.717) is 24.0 Å². The highest BCUT2D eigenvalue weighted by molar-refractivity contribution is 5.85. The first-order valence-electron chi connectivity index (χ1n) is 9.22. The zero-order valence-electron chi connectivity index (χ0n) is 14.6. The lowest BCUT2D eigenvalue weighted by atomic mass is 9.36. The molecule has 1 spiro atoms. The van der Waals surface area contributed by atoms with Crippen LogP contribution in [0.2, 0.25) is 0 Å². The van der Waals surface area contributed by atoms with Gasteiger partial charge in [-0.25, -0.2) is 0 Å². The fourth-order valence-corrected chi connectivity index (χ4v) is 7.34. The number of hydrogen-bond donors (Lipinski definition) is 2. The highest BCUT2D eigenvalue weighted by Gasteiger charge is 2.68. The molecule has 3 heteroatoms. The molecule has 0 amide bonds. The molecule has 0 aromatic heterocycles. The number of carbonyl (C=O) groups excluding carboxylic acids is 1. The smallest absolute Gasteiger partial charge is 0.138 e. The van der Waals surface area contributed by atoms with Crippen LogP contribution in [-0.4, -0.2) is 28.2 Å². The second kappa shape index (κ2) is 4.49. The van der Waals surface area contributed by atoms with Gasteiger partial charge in [0, 0.05) is 23.2 Å². The molecule has 5 rings (SSSR count). The first kappa shape index (κ1) is 15.8. The van der Waals surface area contributed by atoms with Crippen LogP contribution < -0.4 is 0 Å². The number of Topliss-reactive ketones (excluding diaryl/α,β-unsaturated/α-hetero) is 1. The average molecular weight is 318 g/mol. The summed E-state index contributed by atoms with van der Waals surface area (Å²) >= 11 is 0. The summed E-state index contributed by atoms with van der Waals surface area (Å²) in [6.45, 7) is 10.8. The lowest BCUT2D eigenvalue weighted by Crippen LogP contribution is -2.68. The molecule has 5 saturated carbocycles. The van der Waals surface area contributed by atoms with Crippen molar-refractivity contribution < 1.29 is 15.0 Å². The SMILES string of the molecule is C=C1C[C@@]23CC[C@@H]4C(C)(C)C(=O)CC[C@@]4(C)[C@@H]2C[C@@H]1[C@@H](O)[C@H]3O. The van der Waals surface area contributed by atoms with Gasteiger partial charge in [0.15, 0.2) is 0 Å². The van der Waals surface area contributed by atoms with Gasteiger partial charge in [-0.2, -0.15) is 0 Å². The number of fused-ring (bicyclic) bond motifs is 3. The predicted molar refractivity (Wildman–Crippen MR) is 88.7 cm³/mol. The number of hydrogen-bond acceptors (Lipinski definition) is 3. The molecule has 0 unspecified atom stereocenters. The molecule has 5 aliphatic rings. The second-order valence-corrected chi connectivity index (χ2v) is 9.64. The van der Waals surface area contributed by atoms with Crippen LogP contribution in [0.4, 0.5) is 0 Å². The standard InChI is InChI=1S/C20H30O3/c1-11-10-20-8-5-13-18(2,3)15(21)6-7-19(13,4)14(20)9-12(11)16(22)17(20)23/h12-14,16-17,22-23H,1,5-10H2,2-4H3/t12-,13+,14-,16+,17+,19+,20-/m0/s1. The highest BCUT2D eigenvalue weighted by atomic mass is 16.3. The predicted octanol–water partition coefficient (Wildman–Crippen LogP) is 3.10. The molecule has 2 N–H and O–H groups in total. The van der Waals surface area contributed by atoms with Crippen molar-refractivity contribution in [1.29, 1.82) is 0 Å². The summed E-state index contributed by atoms with van der Waals surface area (Å²) < 4.78 is 0. The third-order valence-electron chi connectivity index (χ3n) is 8.56. The molecule has 3 nitrogen and oxygen atoms in total. The normalized spacial score (nSPS) is 54.6. The zero-order valence-corrected chi connectivity index (χ0v) is 14.6. The van der Waals surface area contributed by atoms with Crippen molar-refractivity contribution in [1.82, 2.24) is 0 Å². The van der Waals surface area contributed by atoms with Crippen LogP contribution in [0.5, 0.6) is 0 Å². The topological polar surface area (TPSA) is 57.5 Å². The van der Waals surface area contributed by atoms with Crippen LogP contribution in [0.3, 0.4) is 0 Å². The largest absolute Gasteiger partial charge is 0.390 e.